The van der Waals surface area contributed by atoms with Gasteiger partial charge in [0.1, 0.15) is 0 Å². The summed E-state index contributed by atoms with van der Waals surface area (Å²) in [6, 6.07) is 20.5. The number of hydrogen-bond acceptors (Lipinski definition) is 5. The Bertz CT molecular complexity index is 931. The van der Waals surface area contributed by atoms with E-state index in [2.05, 4.69) is 49.7 Å². The Kier molecular flexibility index (Phi) is 6.27. The quantitative estimate of drug-likeness (QED) is 0.588. The van der Waals surface area contributed by atoms with E-state index in [1.165, 1.54) is 17.3 Å². The van der Waals surface area contributed by atoms with Crippen LogP contribution in [0.2, 0.25) is 0 Å². The van der Waals surface area contributed by atoms with Crippen LogP contribution in [-0.2, 0) is 11.3 Å². The van der Waals surface area contributed by atoms with E-state index in [1.807, 2.05) is 43.3 Å². The molecule has 150 valence electrons. The lowest BCUT2D eigenvalue weighted by atomic mass is 10.2. The number of carbonyl (C=O) groups excluding carboxylic acids is 1. The average molecular weight is 408 g/mol. The van der Waals surface area contributed by atoms with Crippen LogP contribution < -0.4 is 5.32 Å². The van der Waals surface area contributed by atoms with Crippen molar-refractivity contribution in [2.45, 2.75) is 36.3 Å². The molecule has 2 aromatic carbocycles. The fourth-order valence-corrected chi connectivity index (χ4v) is 4.22. The van der Waals surface area contributed by atoms with Gasteiger partial charge >= 0.3 is 0 Å². The molecule has 4 rings (SSSR count). The van der Waals surface area contributed by atoms with Gasteiger partial charge in [-0.15, -0.1) is 5.10 Å². The SMILES string of the molecule is CC(Sc1n[nH]c(-c2ccccc2)n1)C(=O)NC1CCN(Cc2ccccc2)C1. The largest absolute Gasteiger partial charge is 0.351 e. The van der Waals surface area contributed by atoms with Crippen molar-refractivity contribution in [2.24, 2.45) is 0 Å². The number of aromatic amines is 1. The van der Waals surface area contributed by atoms with Crippen LogP contribution in [0.15, 0.2) is 65.8 Å². The Labute approximate surface area is 175 Å². The smallest absolute Gasteiger partial charge is 0.233 e. The van der Waals surface area contributed by atoms with E-state index < -0.39 is 0 Å². The molecule has 1 aromatic heterocycles. The molecule has 2 N–H and O–H groups in total. The molecule has 1 saturated heterocycles. The Morgan fingerprint density at radius 2 is 1.93 bits per heavy atom. The highest BCUT2D eigenvalue weighted by atomic mass is 32.2. The minimum Gasteiger partial charge on any atom is -0.351 e. The number of nitrogens with one attached hydrogen (secondary N) is 2. The Morgan fingerprint density at radius 3 is 2.69 bits per heavy atom. The molecule has 6 nitrogen and oxygen atoms in total. The number of rotatable bonds is 7. The second-order valence-corrected chi connectivity index (χ2v) is 8.62. The van der Waals surface area contributed by atoms with Crippen LogP contribution in [0.25, 0.3) is 11.4 Å². The number of H-pyrrole nitrogens is 1. The maximum absolute atomic E-state index is 12.6. The number of amides is 1. The highest BCUT2D eigenvalue weighted by molar-refractivity contribution is 8.00. The van der Waals surface area contributed by atoms with Gasteiger partial charge in [0.25, 0.3) is 0 Å². The number of hydrogen-bond donors (Lipinski definition) is 2. The zero-order valence-electron chi connectivity index (χ0n) is 16.4. The first-order valence-electron chi connectivity index (χ1n) is 9.88. The molecule has 2 heterocycles. The molecule has 1 aliphatic rings. The zero-order chi connectivity index (χ0) is 20.1. The number of nitrogens with zero attached hydrogens (tertiary/aromatic N) is 3. The third-order valence-electron chi connectivity index (χ3n) is 5.03. The van der Waals surface area contributed by atoms with Crippen LogP contribution in [0.4, 0.5) is 0 Å². The summed E-state index contributed by atoms with van der Waals surface area (Å²) in [5, 5.41) is 10.7. The van der Waals surface area contributed by atoms with E-state index in [0.717, 1.165) is 31.6 Å². The molecular weight excluding hydrogens is 382 g/mol. The lowest BCUT2D eigenvalue weighted by Crippen LogP contribution is -2.40. The predicted molar refractivity (Wildman–Crippen MR) is 115 cm³/mol. The van der Waals surface area contributed by atoms with Gasteiger partial charge in [-0.05, 0) is 18.9 Å². The molecular formula is C22H25N5OS. The third kappa shape index (κ3) is 5.25. The van der Waals surface area contributed by atoms with Gasteiger partial charge in [-0.1, -0.05) is 72.4 Å². The maximum Gasteiger partial charge on any atom is 0.233 e. The van der Waals surface area contributed by atoms with Crippen LogP contribution in [0, 0.1) is 0 Å². The number of benzene rings is 2. The van der Waals surface area contributed by atoms with Gasteiger partial charge in [0, 0.05) is 31.2 Å². The topological polar surface area (TPSA) is 73.9 Å². The summed E-state index contributed by atoms with van der Waals surface area (Å²) in [7, 11) is 0. The Morgan fingerprint density at radius 1 is 1.21 bits per heavy atom. The molecule has 0 saturated carbocycles. The number of thioether (sulfide) groups is 1. The van der Waals surface area contributed by atoms with E-state index >= 15 is 0 Å². The van der Waals surface area contributed by atoms with Gasteiger partial charge in [-0.25, -0.2) is 4.98 Å². The molecule has 7 heteroatoms. The van der Waals surface area contributed by atoms with Gasteiger partial charge in [0.2, 0.25) is 11.1 Å². The molecule has 3 aromatic rings. The van der Waals surface area contributed by atoms with Crippen molar-refractivity contribution in [2.75, 3.05) is 13.1 Å². The molecule has 1 aliphatic heterocycles. The summed E-state index contributed by atoms with van der Waals surface area (Å²) in [5.41, 5.74) is 2.29. The Hall–Kier alpha value is -2.64. The first-order chi connectivity index (χ1) is 14.2. The van der Waals surface area contributed by atoms with Crippen molar-refractivity contribution in [1.82, 2.24) is 25.4 Å². The highest BCUT2D eigenvalue weighted by Crippen LogP contribution is 2.23. The van der Waals surface area contributed by atoms with E-state index in [9.17, 15) is 4.79 Å². The molecule has 2 atom stereocenters. The van der Waals surface area contributed by atoms with Crippen molar-refractivity contribution < 1.29 is 4.79 Å². The fraction of sp³-hybridized carbons (Fsp3) is 0.318. The summed E-state index contributed by atoms with van der Waals surface area (Å²) in [5.74, 6) is 0.751. The summed E-state index contributed by atoms with van der Waals surface area (Å²) < 4.78 is 0. The second kappa shape index (κ2) is 9.24. The molecule has 1 fully saturated rings. The normalized spacial score (nSPS) is 17.9. The van der Waals surface area contributed by atoms with Gasteiger partial charge in [-0.2, -0.15) is 0 Å². The van der Waals surface area contributed by atoms with E-state index in [4.69, 9.17) is 0 Å². The number of aromatic nitrogens is 3. The standard InChI is InChI=1S/C22H25N5OS/c1-16(29-22-24-20(25-26-22)18-10-6-3-7-11-18)21(28)23-19-12-13-27(15-19)14-17-8-4-2-5-9-17/h2-11,16,19H,12-15H2,1H3,(H,23,28)(H,24,25,26). The van der Waals surface area contributed by atoms with Gasteiger partial charge in [0.05, 0.1) is 5.25 Å². The molecule has 29 heavy (non-hydrogen) atoms. The summed E-state index contributed by atoms with van der Waals surface area (Å²) in [4.78, 5) is 19.5. The van der Waals surface area contributed by atoms with E-state index in [-0.39, 0.29) is 17.2 Å². The van der Waals surface area contributed by atoms with Crippen molar-refractivity contribution in [3.8, 4) is 11.4 Å². The predicted octanol–water partition coefficient (Wildman–Crippen LogP) is 3.34. The minimum absolute atomic E-state index is 0.0348. The van der Waals surface area contributed by atoms with Crippen molar-refractivity contribution >= 4 is 17.7 Å². The third-order valence-corrected chi connectivity index (χ3v) is 5.99. The molecule has 2 unspecified atom stereocenters. The fourth-order valence-electron chi connectivity index (χ4n) is 3.49. The first-order valence-corrected chi connectivity index (χ1v) is 10.8. The van der Waals surface area contributed by atoms with E-state index in [0.29, 0.717) is 11.0 Å². The maximum atomic E-state index is 12.6. The minimum atomic E-state index is -0.252. The van der Waals surface area contributed by atoms with Crippen LogP contribution in [0.1, 0.15) is 18.9 Å². The van der Waals surface area contributed by atoms with Crippen molar-refractivity contribution in [3.63, 3.8) is 0 Å². The van der Waals surface area contributed by atoms with E-state index in [1.54, 1.807) is 0 Å². The molecule has 0 spiro atoms. The van der Waals surface area contributed by atoms with Gasteiger partial charge < -0.3 is 5.32 Å². The summed E-state index contributed by atoms with van der Waals surface area (Å²) in [6.45, 7) is 4.71. The van der Waals surface area contributed by atoms with Crippen LogP contribution in [0.3, 0.4) is 0 Å². The zero-order valence-corrected chi connectivity index (χ0v) is 17.2. The van der Waals surface area contributed by atoms with Crippen LogP contribution in [-0.4, -0.2) is 50.4 Å². The molecule has 0 bridgehead atoms. The lowest BCUT2D eigenvalue weighted by Gasteiger charge is -2.18. The van der Waals surface area contributed by atoms with Crippen molar-refractivity contribution in [3.05, 3.63) is 66.2 Å². The number of carbonyl (C=O) groups is 1. The van der Waals surface area contributed by atoms with Crippen LogP contribution in [0.5, 0.6) is 0 Å². The molecule has 0 aliphatic carbocycles. The Balaban J connectivity index is 1.26. The van der Waals surface area contributed by atoms with Crippen LogP contribution >= 0.6 is 11.8 Å². The molecule has 1 amide bonds. The van der Waals surface area contributed by atoms with Crippen molar-refractivity contribution in [1.29, 1.82) is 0 Å². The van der Waals surface area contributed by atoms with Gasteiger partial charge in [-0.3, -0.25) is 14.8 Å². The lowest BCUT2D eigenvalue weighted by molar-refractivity contribution is -0.120. The molecule has 0 radical (unpaired) electrons. The highest BCUT2D eigenvalue weighted by Gasteiger charge is 2.26. The number of likely N-dealkylation sites (tertiary alicyclic amines) is 1. The average Bonchev–Trinajstić information content (AvgIpc) is 3.39. The second-order valence-electron chi connectivity index (χ2n) is 7.31. The monoisotopic (exact) mass is 407 g/mol. The first kappa shape index (κ1) is 19.7. The summed E-state index contributed by atoms with van der Waals surface area (Å²) in [6.07, 6.45) is 0.981. The van der Waals surface area contributed by atoms with Gasteiger partial charge in [0.15, 0.2) is 5.82 Å². The summed E-state index contributed by atoms with van der Waals surface area (Å²) >= 11 is 1.37.